The summed E-state index contributed by atoms with van der Waals surface area (Å²) >= 11 is 0. The van der Waals surface area contributed by atoms with Crippen molar-refractivity contribution in [2.45, 2.75) is 136 Å². The third-order valence-corrected chi connectivity index (χ3v) is 8.14. The van der Waals surface area contributed by atoms with E-state index in [-0.39, 0.29) is 11.4 Å². The monoisotopic (exact) mass is 431 g/mol. The van der Waals surface area contributed by atoms with Gasteiger partial charge in [0.15, 0.2) is 5.60 Å². The molecule has 1 saturated heterocycles. The lowest BCUT2D eigenvalue weighted by atomic mass is 9.79. The lowest BCUT2D eigenvalue weighted by Gasteiger charge is -2.44. The third-order valence-electron chi connectivity index (χ3n) is 6.40. The quantitative estimate of drug-likeness (QED) is 0.359. The molecule has 172 valence electrons. The van der Waals surface area contributed by atoms with Crippen molar-refractivity contribution in [2.75, 3.05) is 0 Å². The van der Waals surface area contributed by atoms with E-state index >= 15 is 0 Å². The van der Waals surface area contributed by atoms with E-state index in [2.05, 4.69) is 11.6 Å². The first kappa shape index (κ1) is 26.6. The smallest absolute Gasteiger partial charge is 0.342 e. The van der Waals surface area contributed by atoms with Gasteiger partial charge in [0.05, 0.1) is 21.3 Å². The maximum atomic E-state index is 13.1. The number of nitrogens with one attached hydrogen (secondary N) is 1. The first-order valence-corrected chi connectivity index (χ1v) is 12.3. The Balaban J connectivity index is 3.12. The van der Waals surface area contributed by atoms with Crippen molar-refractivity contribution < 1.29 is 18.5 Å². The van der Waals surface area contributed by atoms with E-state index in [1.165, 1.54) is 25.7 Å². The molecule has 0 aromatic carbocycles. The van der Waals surface area contributed by atoms with Gasteiger partial charge in [0.1, 0.15) is 0 Å². The molecule has 0 spiro atoms. The number of cyclic esters (lactones) is 1. The highest BCUT2D eigenvalue weighted by molar-refractivity contribution is 7.84. The second kappa shape index (κ2) is 9.35. The number of carbonyl (C=O) groups excluding carboxylic acids is 1. The molecule has 5 nitrogen and oxygen atoms in total. The number of rotatable bonds is 10. The Bertz CT molecular complexity index is 595. The number of hydrogen-bond acceptors (Lipinski definition) is 4. The summed E-state index contributed by atoms with van der Waals surface area (Å²) in [6, 6.07) is 0. The minimum Gasteiger partial charge on any atom is -0.431 e. The predicted molar refractivity (Wildman–Crippen MR) is 121 cm³/mol. The molecule has 0 aromatic rings. The zero-order valence-electron chi connectivity index (χ0n) is 20.5. The Morgan fingerprint density at radius 3 is 1.90 bits per heavy atom. The molecule has 1 aliphatic heterocycles. The molecule has 4 atom stereocenters. The van der Waals surface area contributed by atoms with Crippen LogP contribution in [0.25, 0.3) is 0 Å². The van der Waals surface area contributed by atoms with Gasteiger partial charge in [0.25, 0.3) is 0 Å². The van der Waals surface area contributed by atoms with Gasteiger partial charge in [-0.1, -0.05) is 66.2 Å². The number of unbranched alkanes of at least 4 members (excludes halogenated alkanes) is 5. The average Bonchev–Trinajstić information content (AvgIpc) is 2.81. The largest absolute Gasteiger partial charge is 0.431 e. The first-order chi connectivity index (χ1) is 13.0. The summed E-state index contributed by atoms with van der Waals surface area (Å²) in [5.41, 5.74) is -2.42. The fraction of sp³-hybridized carbons (Fsp3) is 0.957. The zero-order chi connectivity index (χ0) is 22.7. The third kappa shape index (κ3) is 6.04. The molecule has 0 radical (unpaired) electrons. The van der Waals surface area contributed by atoms with Crippen LogP contribution >= 0.6 is 0 Å². The van der Waals surface area contributed by atoms with Crippen LogP contribution in [0.3, 0.4) is 0 Å². The highest BCUT2D eigenvalue weighted by Gasteiger charge is 2.65. The van der Waals surface area contributed by atoms with E-state index in [0.29, 0.717) is 6.42 Å². The molecule has 0 aliphatic carbocycles. The fourth-order valence-electron chi connectivity index (χ4n) is 3.37. The maximum absolute atomic E-state index is 13.1. The van der Waals surface area contributed by atoms with Gasteiger partial charge in [0.2, 0.25) is 5.79 Å². The minimum absolute atomic E-state index is 0.384. The van der Waals surface area contributed by atoms with Crippen molar-refractivity contribution in [3.8, 4) is 0 Å². The van der Waals surface area contributed by atoms with E-state index in [0.717, 1.165) is 12.8 Å². The van der Waals surface area contributed by atoms with Crippen LogP contribution in [0.4, 0.5) is 0 Å². The Hall–Kier alpha value is -0.460. The fourth-order valence-corrected chi connectivity index (χ4v) is 4.39. The lowest BCUT2D eigenvalue weighted by Crippen LogP contribution is -2.65. The summed E-state index contributed by atoms with van der Waals surface area (Å²) in [6.07, 6.45) is 7.58. The lowest BCUT2D eigenvalue weighted by molar-refractivity contribution is -0.238. The highest BCUT2D eigenvalue weighted by Crippen LogP contribution is 2.48. The van der Waals surface area contributed by atoms with Crippen molar-refractivity contribution in [1.82, 2.24) is 4.72 Å². The van der Waals surface area contributed by atoms with Gasteiger partial charge in [-0.05, 0) is 41.0 Å². The minimum atomic E-state index is -1.34. The molecule has 6 heteroatoms. The standard InChI is InChI=1S/C23H45NO4S/c1-11-12-13-14-15-16-17-21(8,24-29(26)20(5,6)7)22(9)18(25)27-23(10,28-22)19(2,3)4/h24H,11-17H2,1-10H3/t21-,22-,23+,29+/m0/s1. The molecule has 1 fully saturated rings. The first-order valence-electron chi connectivity index (χ1n) is 11.2. The van der Waals surface area contributed by atoms with E-state index in [4.69, 9.17) is 9.47 Å². The number of hydrogen-bond donors (Lipinski definition) is 1. The normalized spacial score (nSPS) is 28.8. The molecule has 1 aliphatic rings. The molecule has 1 rings (SSSR count). The summed E-state index contributed by atoms with van der Waals surface area (Å²) in [5.74, 6) is -1.42. The van der Waals surface area contributed by atoms with Crippen LogP contribution in [0.5, 0.6) is 0 Å². The molecule has 1 N–H and O–H groups in total. The molecule has 29 heavy (non-hydrogen) atoms. The molecule has 1 heterocycles. The predicted octanol–water partition coefficient (Wildman–Crippen LogP) is 5.64. The van der Waals surface area contributed by atoms with Crippen molar-refractivity contribution in [2.24, 2.45) is 5.41 Å². The Kier molecular flexibility index (Phi) is 8.57. The summed E-state index contributed by atoms with van der Waals surface area (Å²) < 4.78 is 28.1. The average molecular weight is 432 g/mol. The van der Waals surface area contributed by atoms with Gasteiger partial charge in [-0.3, -0.25) is 0 Å². The molecule has 0 saturated carbocycles. The van der Waals surface area contributed by atoms with Crippen molar-refractivity contribution in [3.05, 3.63) is 0 Å². The van der Waals surface area contributed by atoms with Gasteiger partial charge in [0, 0.05) is 12.3 Å². The molecule has 0 unspecified atom stereocenters. The Morgan fingerprint density at radius 1 is 0.931 bits per heavy atom. The SMILES string of the molecule is CCCCCCCC[C@](C)(N[S@](=O)C(C)(C)C)[C@@]1(C)O[C@](C)(C(C)(C)C)OC1=O. The number of esters is 1. The van der Waals surface area contributed by atoms with E-state index in [1.807, 2.05) is 55.4 Å². The summed E-state index contributed by atoms with van der Waals surface area (Å²) in [4.78, 5) is 13.1. The van der Waals surface area contributed by atoms with Crippen LogP contribution in [-0.4, -0.2) is 31.9 Å². The molecule has 0 bridgehead atoms. The van der Waals surface area contributed by atoms with Crippen molar-refractivity contribution in [1.29, 1.82) is 0 Å². The maximum Gasteiger partial charge on any atom is 0.342 e. The molecular weight excluding hydrogens is 386 g/mol. The molecular formula is C23H45NO4S. The highest BCUT2D eigenvalue weighted by atomic mass is 32.2. The Labute approximate surface area is 181 Å². The van der Waals surface area contributed by atoms with Crippen LogP contribution in [0, 0.1) is 5.41 Å². The van der Waals surface area contributed by atoms with Gasteiger partial charge >= 0.3 is 5.97 Å². The summed E-state index contributed by atoms with van der Waals surface area (Å²) in [6.45, 7) is 19.5. The van der Waals surface area contributed by atoms with Gasteiger partial charge in [-0.2, -0.15) is 0 Å². The topological polar surface area (TPSA) is 64.6 Å². The molecule has 0 aromatic heterocycles. The second-order valence-electron chi connectivity index (χ2n) is 11.1. The number of ether oxygens (including phenoxy) is 2. The zero-order valence-corrected chi connectivity index (χ0v) is 21.3. The second-order valence-corrected chi connectivity index (χ2v) is 13.0. The van der Waals surface area contributed by atoms with Crippen LogP contribution in [0.1, 0.15) is 114 Å². The van der Waals surface area contributed by atoms with Gasteiger partial charge < -0.3 is 9.47 Å². The van der Waals surface area contributed by atoms with E-state index in [9.17, 15) is 9.00 Å². The van der Waals surface area contributed by atoms with Crippen molar-refractivity contribution in [3.63, 3.8) is 0 Å². The van der Waals surface area contributed by atoms with E-state index in [1.54, 1.807) is 6.92 Å². The van der Waals surface area contributed by atoms with Crippen LogP contribution < -0.4 is 4.72 Å². The van der Waals surface area contributed by atoms with Crippen LogP contribution in [0.15, 0.2) is 0 Å². The van der Waals surface area contributed by atoms with Gasteiger partial charge in [-0.25, -0.2) is 13.7 Å². The Morgan fingerprint density at radius 2 is 1.45 bits per heavy atom. The number of carbonyl (C=O) groups is 1. The van der Waals surface area contributed by atoms with Crippen LogP contribution in [-0.2, 0) is 25.3 Å². The van der Waals surface area contributed by atoms with E-state index < -0.39 is 32.7 Å². The molecule has 0 amide bonds. The van der Waals surface area contributed by atoms with Gasteiger partial charge in [-0.15, -0.1) is 0 Å². The summed E-state index contributed by atoms with van der Waals surface area (Å²) in [5, 5.41) is 0. The van der Waals surface area contributed by atoms with Crippen LogP contribution in [0.2, 0.25) is 0 Å². The van der Waals surface area contributed by atoms with Crippen molar-refractivity contribution >= 4 is 17.0 Å². The summed E-state index contributed by atoms with van der Waals surface area (Å²) in [7, 11) is -1.34.